The molecule has 0 radical (unpaired) electrons. The van der Waals surface area contributed by atoms with Crippen molar-refractivity contribution < 1.29 is 0 Å². The first-order valence-corrected chi connectivity index (χ1v) is 7.54. The number of hydrogen-bond donors (Lipinski definition) is 1. The van der Waals surface area contributed by atoms with Crippen molar-refractivity contribution in [1.29, 1.82) is 0 Å². The van der Waals surface area contributed by atoms with Crippen LogP contribution in [0.4, 0.5) is 5.95 Å². The molecule has 0 fully saturated rings. The van der Waals surface area contributed by atoms with Gasteiger partial charge in [0.05, 0.1) is 16.4 Å². The summed E-state index contributed by atoms with van der Waals surface area (Å²) >= 11 is 9.75. The first kappa shape index (κ1) is 14.4. The van der Waals surface area contributed by atoms with E-state index in [1.807, 2.05) is 35.9 Å². The third kappa shape index (κ3) is 3.51. The third-order valence-electron chi connectivity index (χ3n) is 2.81. The summed E-state index contributed by atoms with van der Waals surface area (Å²) < 4.78 is 3.00. The minimum absolute atomic E-state index is 0.708. The third-order valence-corrected chi connectivity index (χ3v) is 3.62. The second kappa shape index (κ2) is 6.44. The highest BCUT2D eigenvalue weighted by atomic mass is 79.9. The molecule has 2 aromatic rings. The van der Waals surface area contributed by atoms with Gasteiger partial charge in [0.15, 0.2) is 0 Å². The fourth-order valence-electron chi connectivity index (χ4n) is 1.85. The van der Waals surface area contributed by atoms with E-state index in [0.717, 1.165) is 41.2 Å². The second-order valence-electron chi connectivity index (χ2n) is 4.45. The van der Waals surface area contributed by atoms with Crippen LogP contribution in [0.25, 0.3) is 5.69 Å². The van der Waals surface area contributed by atoms with Crippen LogP contribution in [0.2, 0.25) is 5.02 Å². The van der Waals surface area contributed by atoms with Crippen LogP contribution in [-0.2, 0) is 0 Å². The van der Waals surface area contributed by atoms with Crippen molar-refractivity contribution in [2.75, 3.05) is 11.9 Å². The Hall–Kier alpha value is -1.000. The van der Waals surface area contributed by atoms with Crippen molar-refractivity contribution in [3.8, 4) is 5.69 Å². The highest BCUT2D eigenvalue weighted by molar-refractivity contribution is 9.10. The smallest absolute Gasteiger partial charge is 0.207 e. The zero-order chi connectivity index (χ0) is 13.8. The predicted octanol–water partition coefficient (Wildman–Crippen LogP) is 4.81. The SMILES string of the molecule is CCCCNc1nc(C)cn1-c1cc(Br)ccc1Cl. The molecule has 0 aliphatic rings. The molecule has 0 aliphatic carbocycles. The van der Waals surface area contributed by atoms with Gasteiger partial charge in [-0.15, -0.1) is 0 Å². The molecule has 0 unspecified atom stereocenters. The number of anilines is 1. The zero-order valence-corrected chi connectivity index (χ0v) is 13.4. The fraction of sp³-hybridized carbons (Fsp3) is 0.357. The van der Waals surface area contributed by atoms with Crippen molar-refractivity contribution in [2.45, 2.75) is 26.7 Å². The molecule has 0 amide bonds. The molecule has 3 nitrogen and oxygen atoms in total. The summed E-state index contributed by atoms with van der Waals surface area (Å²) in [5.41, 5.74) is 1.89. The first-order chi connectivity index (χ1) is 9.11. The van der Waals surface area contributed by atoms with Crippen molar-refractivity contribution in [1.82, 2.24) is 9.55 Å². The van der Waals surface area contributed by atoms with E-state index in [0.29, 0.717) is 5.02 Å². The molecule has 0 bridgehead atoms. The summed E-state index contributed by atoms with van der Waals surface area (Å²) in [6.07, 6.45) is 4.27. The lowest BCUT2D eigenvalue weighted by atomic mass is 10.3. The Labute approximate surface area is 127 Å². The fourth-order valence-corrected chi connectivity index (χ4v) is 2.41. The molecule has 1 heterocycles. The molecule has 0 aliphatic heterocycles. The maximum Gasteiger partial charge on any atom is 0.207 e. The molecule has 0 atom stereocenters. The van der Waals surface area contributed by atoms with Crippen LogP contribution >= 0.6 is 27.5 Å². The molecular weight excluding hydrogens is 326 g/mol. The van der Waals surface area contributed by atoms with Gasteiger partial charge in [0, 0.05) is 17.2 Å². The van der Waals surface area contributed by atoms with Gasteiger partial charge in [-0.1, -0.05) is 40.9 Å². The summed E-state index contributed by atoms with van der Waals surface area (Å²) in [6.45, 7) is 5.07. The number of benzene rings is 1. The van der Waals surface area contributed by atoms with E-state index in [9.17, 15) is 0 Å². The van der Waals surface area contributed by atoms with Gasteiger partial charge in [0.2, 0.25) is 5.95 Å². The molecule has 2 rings (SSSR count). The van der Waals surface area contributed by atoms with Gasteiger partial charge < -0.3 is 5.32 Å². The van der Waals surface area contributed by atoms with E-state index in [-0.39, 0.29) is 0 Å². The number of nitrogens with zero attached hydrogens (tertiary/aromatic N) is 2. The summed E-state index contributed by atoms with van der Waals surface area (Å²) in [6, 6.07) is 5.81. The molecule has 19 heavy (non-hydrogen) atoms. The van der Waals surface area contributed by atoms with Crippen LogP contribution in [0.1, 0.15) is 25.5 Å². The molecular formula is C14H17BrClN3. The Morgan fingerprint density at radius 1 is 1.42 bits per heavy atom. The monoisotopic (exact) mass is 341 g/mol. The lowest BCUT2D eigenvalue weighted by Gasteiger charge is -2.11. The summed E-state index contributed by atoms with van der Waals surface area (Å²) in [5, 5.41) is 4.07. The predicted molar refractivity (Wildman–Crippen MR) is 84.4 cm³/mol. The molecule has 1 aromatic carbocycles. The Balaban J connectivity index is 2.35. The number of aryl methyl sites for hydroxylation is 1. The summed E-state index contributed by atoms with van der Waals surface area (Å²) in [5.74, 6) is 0.839. The molecule has 0 saturated carbocycles. The number of halogens is 2. The quantitative estimate of drug-likeness (QED) is 0.790. The van der Waals surface area contributed by atoms with Crippen molar-refractivity contribution >= 4 is 33.5 Å². The topological polar surface area (TPSA) is 29.9 Å². The highest BCUT2D eigenvalue weighted by Crippen LogP contribution is 2.27. The Morgan fingerprint density at radius 3 is 2.95 bits per heavy atom. The lowest BCUT2D eigenvalue weighted by Crippen LogP contribution is -2.07. The van der Waals surface area contributed by atoms with Gasteiger partial charge in [-0.05, 0) is 31.5 Å². The van der Waals surface area contributed by atoms with Gasteiger partial charge in [-0.3, -0.25) is 4.57 Å². The van der Waals surface area contributed by atoms with E-state index in [1.165, 1.54) is 0 Å². The van der Waals surface area contributed by atoms with Gasteiger partial charge in [0.1, 0.15) is 0 Å². The van der Waals surface area contributed by atoms with Gasteiger partial charge in [-0.2, -0.15) is 0 Å². The molecule has 0 spiro atoms. The van der Waals surface area contributed by atoms with Crippen molar-refractivity contribution in [3.05, 3.63) is 39.6 Å². The number of nitrogens with one attached hydrogen (secondary N) is 1. The minimum Gasteiger partial charge on any atom is -0.355 e. The number of hydrogen-bond acceptors (Lipinski definition) is 2. The number of unbranched alkanes of at least 4 members (excludes halogenated alkanes) is 1. The van der Waals surface area contributed by atoms with Crippen LogP contribution in [0.15, 0.2) is 28.9 Å². The average Bonchev–Trinajstić information content (AvgIpc) is 2.74. The molecule has 1 aromatic heterocycles. The van der Waals surface area contributed by atoms with Crippen LogP contribution in [0, 0.1) is 6.92 Å². The number of rotatable bonds is 5. The molecule has 5 heteroatoms. The highest BCUT2D eigenvalue weighted by Gasteiger charge is 2.10. The van der Waals surface area contributed by atoms with E-state index >= 15 is 0 Å². The maximum atomic E-state index is 6.28. The Morgan fingerprint density at radius 2 is 2.21 bits per heavy atom. The standard InChI is InChI=1S/C14H17BrClN3/c1-3-4-7-17-14-18-10(2)9-19(14)13-8-11(15)5-6-12(13)16/h5-6,8-9H,3-4,7H2,1-2H3,(H,17,18). The van der Waals surface area contributed by atoms with Crippen LogP contribution in [-0.4, -0.2) is 16.1 Å². The van der Waals surface area contributed by atoms with Gasteiger partial charge in [-0.25, -0.2) is 4.98 Å². The van der Waals surface area contributed by atoms with Crippen molar-refractivity contribution in [3.63, 3.8) is 0 Å². The minimum atomic E-state index is 0.708. The van der Waals surface area contributed by atoms with Crippen LogP contribution in [0.3, 0.4) is 0 Å². The Kier molecular flexibility index (Phi) is 4.88. The Bertz CT molecular complexity index is 566. The second-order valence-corrected chi connectivity index (χ2v) is 5.77. The molecule has 0 saturated heterocycles. The zero-order valence-electron chi connectivity index (χ0n) is 11.1. The normalized spacial score (nSPS) is 10.7. The summed E-state index contributed by atoms with van der Waals surface area (Å²) in [7, 11) is 0. The van der Waals surface area contributed by atoms with Gasteiger partial charge >= 0.3 is 0 Å². The van der Waals surface area contributed by atoms with Crippen molar-refractivity contribution in [2.24, 2.45) is 0 Å². The first-order valence-electron chi connectivity index (χ1n) is 6.37. The molecule has 1 N–H and O–H groups in total. The van der Waals surface area contributed by atoms with E-state index in [4.69, 9.17) is 11.6 Å². The number of aromatic nitrogens is 2. The van der Waals surface area contributed by atoms with E-state index in [1.54, 1.807) is 0 Å². The maximum absolute atomic E-state index is 6.28. The van der Waals surface area contributed by atoms with E-state index < -0.39 is 0 Å². The molecule has 102 valence electrons. The summed E-state index contributed by atoms with van der Waals surface area (Å²) in [4.78, 5) is 4.51. The average molecular weight is 343 g/mol. The lowest BCUT2D eigenvalue weighted by molar-refractivity contribution is 0.823. The van der Waals surface area contributed by atoms with Crippen LogP contribution < -0.4 is 5.32 Å². The van der Waals surface area contributed by atoms with E-state index in [2.05, 4.69) is 33.2 Å². The largest absolute Gasteiger partial charge is 0.355 e. The van der Waals surface area contributed by atoms with Crippen LogP contribution in [0.5, 0.6) is 0 Å². The number of imidazole rings is 1. The van der Waals surface area contributed by atoms with Gasteiger partial charge in [0.25, 0.3) is 0 Å².